The molecule has 2 aromatic rings. The van der Waals surface area contributed by atoms with Crippen molar-refractivity contribution in [1.29, 1.82) is 0 Å². The highest BCUT2D eigenvalue weighted by molar-refractivity contribution is 5.87. The summed E-state index contributed by atoms with van der Waals surface area (Å²) in [4.78, 5) is 12.0. The van der Waals surface area contributed by atoms with E-state index < -0.39 is 6.04 Å². The molecule has 0 aromatic heterocycles. The molecule has 0 fully saturated rings. The van der Waals surface area contributed by atoms with Gasteiger partial charge < -0.3 is 15.5 Å². The first-order chi connectivity index (χ1) is 11.0. The van der Waals surface area contributed by atoms with Gasteiger partial charge in [0.1, 0.15) is 17.5 Å². The van der Waals surface area contributed by atoms with Crippen molar-refractivity contribution in [3.63, 3.8) is 0 Å². The Kier molecular flexibility index (Phi) is 5.19. The molecule has 0 saturated heterocycles. The van der Waals surface area contributed by atoms with Crippen LogP contribution < -0.4 is 10.7 Å². The fourth-order valence-corrected chi connectivity index (χ4v) is 1.87. The minimum atomic E-state index is -0.469. The molecule has 6 nitrogen and oxygen atoms in total. The van der Waals surface area contributed by atoms with E-state index in [2.05, 4.69) is 15.8 Å². The zero-order valence-electron chi connectivity index (χ0n) is 12.9. The number of rotatable bonds is 5. The lowest BCUT2D eigenvalue weighted by atomic mass is 10.2. The number of nitrogens with zero attached hydrogens (tertiary/aromatic N) is 1. The first kappa shape index (κ1) is 16.4. The Hall–Kier alpha value is -3.02. The molecule has 1 atom stereocenters. The standard InChI is InChI=1S/C17H19N3O3/c1-11-3-6-14(7-4-11)19-12(2)17(23)20-18-10-13-5-8-15(21)9-16(13)22/h3-10,12,19,21-22H,1-2H3,(H,20,23)/b18-10-/t12-/m1/s1. The van der Waals surface area contributed by atoms with Crippen LogP contribution in [0.3, 0.4) is 0 Å². The number of amides is 1. The minimum absolute atomic E-state index is 0.0420. The predicted molar refractivity (Wildman–Crippen MR) is 89.8 cm³/mol. The number of aryl methyl sites for hydroxylation is 1. The normalized spacial score (nSPS) is 12.1. The fraction of sp³-hybridized carbons (Fsp3) is 0.176. The van der Waals surface area contributed by atoms with Crippen LogP contribution in [0.5, 0.6) is 11.5 Å². The summed E-state index contributed by atoms with van der Waals surface area (Å²) in [6.07, 6.45) is 1.31. The predicted octanol–water partition coefficient (Wildman–Crippen LogP) is 2.36. The van der Waals surface area contributed by atoms with Gasteiger partial charge in [-0.1, -0.05) is 17.7 Å². The molecule has 0 aliphatic carbocycles. The van der Waals surface area contributed by atoms with E-state index in [-0.39, 0.29) is 17.4 Å². The molecular weight excluding hydrogens is 294 g/mol. The number of hydrogen-bond acceptors (Lipinski definition) is 5. The summed E-state index contributed by atoms with van der Waals surface area (Å²) in [6, 6.07) is 11.4. The van der Waals surface area contributed by atoms with E-state index in [0.717, 1.165) is 11.3 Å². The SMILES string of the molecule is Cc1ccc(N[C@H](C)C(=O)N/N=C\c2ccc(O)cc2O)cc1. The van der Waals surface area contributed by atoms with Crippen LogP contribution in [0.15, 0.2) is 47.6 Å². The van der Waals surface area contributed by atoms with Gasteiger partial charge in [0.2, 0.25) is 0 Å². The third-order valence-electron chi connectivity index (χ3n) is 3.22. The van der Waals surface area contributed by atoms with Crippen LogP contribution in [-0.2, 0) is 4.79 Å². The van der Waals surface area contributed by atoms with Crippen LogP contribution in [0.2, 0.25) is 0 Å². The van der Waals surface area contributed by atoms with Crippen molar-refractivity contribution in [3.05, 3.63) is 53.6 Å². The lowest BCUT2D eigenvalue weighted by Crippen LogP contribution is -2.34. The first-order valence-corrected chi connectivity index (χ1v) is 7.14. The number of phenolic OH excluding ortho intramolecular Hbond substituents is 2. The summed E-state index contributed by atoms with van der Waals surface area (Å²) in [5.41, 5.74) is 4.78. The Morgan fingerprint density at radius 1 is 1.17 bits per heavy atom. The van der Waals surface area contributed by atoms with Gasteiger partial charge in [-0.25, -0.2) is 5.43 Å². The number of hydrogen-bond donors (Lipinski definition) is 4. The number of phenols is 2. The Labute approximate surface area is 134 Å². The van der Waals surface area contributed by atoms with Crippen molar-refractivity contribution >= 4 is 17.8 Å². The topological polar surface area (TPSA) is 94.0 Å². The summed E-state index contributed by atoms with van der Waals surface area (Å²) in [5.74, 6) is -0.464. The molecule has 0 bridgehead atoms. The van der Waals surface area contributed by atoms with Crippen LogP contribution in [0.1, 0.15) is 18.1 Å². The van der Waals surface area contributed by atoms with Gasteiger partial charge >= 0.3 is 0 Å². The number of anilines is 1. The highest BCUT2D eigenvalue weighted by Crippen LogP contribution is 2.20. The quantitative estimate of drug-likeness (QED) is 0.503. The Balaban J connectivity index is 1.90. The molecule has 0 spiro atoms. The molecule has 4 N–H and O–H groups in total. The zero-order chi connectivity index (χ0) is 16.8. The molecule has 0 unspecified atom stereocenters. The smallest absolute Gasteiger partial charge is 0.262 e. The van der Waals surface area contributed by atoms with Crippen molar-refractivity contribution < 1.29 is 15.0 Å². The third-order valence-corrected chi connectivity index (χ3v) is 3.22. The maximum absolute atomic E-state index is 12.0. The first-order valence-electron chi connectivity index (χ1n) is 7.14. The van der Waals surface area contributed by atoms with Gasteiger partial charge in [0.05, 0.1) is 6.21 Å². The Morgan fingerprint density at radius 3 is 2.52 bits per heavy atom. The number of hydrazone groups is 1. The number of aromatic hydroxyl groups is 2. The average Bonchev–Trinajstić information content (AvgIpc) is 2.51. The second-order valence-electron chi connectivity index (χ2n) is 5.21. The van der Waals surface area contributed by atoms with E-state index in [1.165, 1.54) is 24.4 Å². The Bertz CT molecular complexity index is 712. The van der Waals surface area contributed by atoms with Gasteiger partial charge in [-0.05, 0) is 38.1 Å². The molecule has 0 aliphatic heterocycles. The maximum Gasteiger partial charge on any atom is 0.262 e. The van der Waals surface area contributed by atoms with Gasteiger partial charge in [-0.2, -0.15) is 5.10 Å². The van der Waals surface area contributed by atoms with Crippen LogP contribution >= 0.6 is 0 Å². The van der Waals surface area contributed by atoms with Crippen molar-refractivity contribution in [3.8, 4) is 11.5 Å². The third kappa shape index (κ3) is 4.74. The maximum atomic E-state index is 12.0. The summed E-state index contributed by atoms with van der Waals surface area (Å²) in [5, 5.41) is 25.7. The van der Waals surface area contributed by atoms with Crippen molar-refractivity contribution in [2.75, 3.05) is 5.32 Å². The van der Waals surface area contributed by atoms with Crippen LogP contribution in [-0.4, -0.2) is 28.4 Å². The zero-order valence-corrected chi connectivity index (χ0v) is 12.9. The molecule has 2 rings (SSSR count). The van der Waals surface area contributed by atoms with Crippen LogP contribution in [0.4, 0.5) is 5.69 Å². The highest BCUT2D eigenvalue weighted by Gasteiger charge is 2.11. The van der Waals surface area contributed by atoms with Gasteiger partial charge in [0.15, 0.2) is 0 Å². The largest absolute Gasteiger partial charge is 0.508 e. The van der Waals surface area contributed by atoms with E-state index in [0.29, 0.717) is 5.56 Å². The van der Waals surface area contributed by atoms with E-state index >= 15 is 0 Å². The van der Waals surface area contributed by atoms with Gasteiger partial charge in [0, 0.05) is 17.3 Å². The number of benzene rings is 2. The lowest BCUT2D eigenvalue weighted by molar-refractivity contribution is -0.121. The minimum Gasteiger partial charge on any atom is -0.508 e. The number of nitrogens with one attached hydrogen (secondary N) is 2. The fourth-order valence-electron chi connectivity index (χ4n) is 1.87. The second kappa shape index (κ2) is 7.31. The van der Waals surface area contributed by atoms with Crippen LogP contribution in [0, 0.1) is 6.92 Å². The number of carbonyl (C=O) groups is 1. The molecule has 0 aliphatic rings. The molecule has 0 saturated carbocycles. The monoisotopic (exact) mass is 313 g/mol. The second-order valence-corrected chi connectivity index (χ2v) is 5.21. The summed E-state index contributed by atoms with van der Waals surface area (Å²) < 4.78 is 0. The molecule has 23 heavy (non-hydrogen) atoms. The van der Waals surface area contributed by atoms with E-state index in [4.69, 9.17) is 0 Å². The van der Waals surface area contributed by atoms with Crippen molar-refractivity contribution in [2.45, 2.75) is 19.9 Å². The van der Waals surface area contributed by atoms with Gasteiger partial charge in [-0.3, -0.25) is 4.79 Å². The molecule has 2 aromatic carbocycles. The Morgan fingerprint density at radius 2 is 1.87 bits per heavy atom. The van der Waals surface area contributed by atoms with E-state index in [1.54, 1.807) is 6.92 Å². The number of carbonyl (C=O) groups excluding carboxylic acids is 1. The summed E-state index contributed by atoms with van der Waals surface area (Å²) in [7, 11) is 0. The average molecular weight is 313 g/mol. The summed E-state index contributed by atoms with van der Waals surface area (Å²) in [6.45, 7) is 3.72. The van der Waals surface area contributed by atoms with Gasteiger partial charge in [0.25, 0.3) is 5.91 Å². The van der Waals surface area contributed by atoms with Crippen molar-refractivity contribution in [2.24, 2.45) is 5.10 Å². The molecule has 120 valence electrons. The highest BCUT2D eigenvalue weighted by atomic mass is 16.3. The molecule has 0 radical (unpaired) electrons. The summed E-state index contributed by atoms with van der Waals surface area (Å²) >= 11 is 0. The molecule has 0 heterocycles. The van der Waals surface area contributed by atoms with Crippen LogP contribution in [0.25, 0.3) is 0 Å². The van der Waals surface area contributed by atoms with E-state index in [9.17, 15) is 15.0 Å². The van der Waals surface area contributed by atoms with Crippen molar-refractivity contribution in [1.82, 2.24) is 5.43 Å². The molecule has 1 amide bonds. The van der Waals surface area contributed by atoms with E-state index in [1.807, 2.05) is 31.2 Å². The molecular formula is C17H19N3O3. The molecule has 6 heteroatoms. The van der Waals surface area contributed by atoms with Gasteiger partial charge in [-0.15, -0.1) is 0 Å². The lowest BCUT2D eigenvalue weighted by Gasteiger charge is -2.13.